The number of fused-ring (bicyclic) bond motifs is 1. The molecule has 0 fully saturated rings. The van der Waals surface area contributed by atoms with Gasteiger partial charge in [0.05, 0.1) is 0 Å². The molecule has 0 saturated heterocycles. The summed E-state index contributed by atoms with van der Waals surface area (Å²) in [6.07, 6.45) is 1.73. The van der Waals surface area contributed by atoms with Gasteiger partial charge in [-0.15, -0.1) is 0 Å². The van der Waals surface area contributed by atoms with Crippen LogP contribution in [-0.2, 0) is 0 Å². The van der Waals surface area contributed by atoms with Crippen molar-refractivity contribution in [3.63, 3.8) is 0 Å². The Morgan fingerprint density at radius 1 is 1.06 bits per heavy atom. The molecule has 0 aliphatic rings. The highest BCUT2D eigenvalue weighted by Gasteiger charge is 2.02. The molecule has 78 valence electrons. The van der Waals surface area contributed by atoms with E-state index in [0.29, 0.717) is 5.65 Å². The number of nitrogens with one attached hydrogen (secondary N) is 1. The Kier molecular flexibility index (Phi) is 1.86. The summed E-state index contributed by atoms with van der Waals surface area (Å²) in [5.74, 6) is 0. The standard InChI is InChI=1S/C12H9N3O/c16-12-14-13-11-8-10(6-7-15(11)12)9-4-2-1-3-5-9/h1-8H,(H,14,16). The average Bonchev–Trinajstić information content (AvgIpc) is 2.72. The number of H-pyrrole nitrogens is 1. The lowest BCUT2D eigenvalue weighted by atomic mass is 10.1. The minimum Gasteiger partial charge on any atom is -0.250 e. The van der Waals surface area contributed by atoms with E-state index in [2.05, 4.69) is 10.2 Å². The monoisotopic (exact) mass is 211 g/mol. The summed E-state index contributed by atoms with van der Waals surface area (Å²) >= 11 is 0. The summed E-state index contributed by atoms with van der Waals surface area (Å²) < 4.78 is 1.48. The van der Waals surface area contributed by atoms with Crippen LogP contribution in [0.5, 0.6) is 0 Å². The first-order valence-corrected chi connectivity index (χ1v) is 4.97. The highest BCUT2D eigenvalue weighted by atomic mass is 16.1. The molecular weight excluding hydrogens is 202 g/mol. The molecule has 1 N–H and O–H groups in total. The van der Waals surface area contributed by atoms with Gasteiger partial charge < -0.3 is 0 Å². The molecule has 0 bridgehead atoms. The quantitative estimate of drug-likeness (QED) is 0.665. The number of aromatic amines is 1. The third kappa shape index (κ3) is 1.32. The Morgan fingerprint density at radius 3 is 2.69 bits per heavy atom. The van der Waals surface area contributed by atoms with Crippen molar-refractivity contribution in [1.29, 1.82) is 0 Å². The molecule has 0 spiro atoms. The Labute approximate surface area is 91.2 Å². The van der Waals surface area contributed by atoms with Gasteiger partial charge in [0.2, 0.25) is 0 Å². The maximum absolute atomic E-state index is 11.3. The van der Waals surface area contributed by atoms with Gasteiger partial charge in [0.1, 0.15) is 0 Å². The molecule has 0 aliphatic carbocycles. The normalized spacial score (nSPS) is 10.8. The van der Waals surface area contributed by atoms with E-state index in [0.717, 1.165) is 11.1 Å². The number of nitrogens with zero attached hydrogens (tertiary/aromatic N) is 2. The van der Waals surface area contributed by atoms with Gasteiger partial charge in [-0.25, -0.2) is 9.89 Å². The molecule has 4 nitrogen and oxygen atoms in total. The second-order valence-electron chi connectivity index (χ2n) is 3.54. The van der Waals surface area contributed by atoms with Crippen LogP contribution in [0.25, 0.3) is 16.8 Å². The minimum atomic E-state index is -0.213. The highest BCUT2D eigenvalue weighted by Crippen LogP contribution is 2.18. The van der Waals surface area contributed by atoms with E-state index >= 15 is 0 Å². The Morgan fingerprint density at radius 2 is 1.88 bits per heavy atom. The van der Waals surface area contributed by atoms with Crippen LogP contribution in [0.4, 0.5) is 0 Å². The third-order valence-corrected chi connectivity index (χ3v) is 2.53. The summed E-state index contributed by atoms with van der Waals surface area (Å²) in [5, 5.41) is 6.34. The zero-order valence-corrected chi connectivity index (χ0v) is 8.42. The molecule has 0 atom stereocenters. The molecule has 4 heteroatoms. The van der Waals surface area contributed by atoms with E-state index in [4.69, 9.17) is 0 Å². The first kappa shape index (κ1) is 8.91. The van der Waals surface area contributed by atoms with E-state index < -0.39 is 0 Å². The molecule has 0 saturated carbocycles. The molecule has 2 aromatic heterocycles. The van der Waals surface area contributed by atoms with Crippen LogP contribution >= 0.6 is 0 Å². The van der Waals surface area contributed by atoms with Gasteiger partial charge in [-0.2, -0.15) is 5.10 Å². The molecule has 0 radical (unpaired) electrons. The van der Waals surface area contributed by atoms with Crippen molar-refractivity contribution in [3.05, 3.63) is 59.1 Å². The third-order valence-electron chi connectivity index (χ3n) is 2.53. The van der Waals surface area contributed by atoms with Gasteiger partial charge in [-0.05, 0) is 23.3 Å². The first-order chi connectivity index (χ1) is 7.84. The largest absolute Gasteiger partial charge is 0.347 e. The van der Waals surface area contributed by atoms with E-state index in [1.165, 1.54) is 4.40 Å². The Bertz CT molecular complexity index is 682. The molecule has 0 aliphatic heterocycles. The van der Waals surface area contributed by atoms with Crippen molar-refractivity contribution >= 4 is 5.65 Å². The van der Waals surface area contributed by atoms with Crippen molar-refractivity contribution in [2.75, 3.05) is 0 Å². The maximum atomic E-state index is 11.3. The van der Waals surface area contributed by atoms with Crippen LogP contribution in [-0.4, -0.2) is 14.6 Å². The summed E-state index contributed by atoms with van der Waals surface area (Å²) in [5.41, 5.74) is 2.58. The zero-order valence-electron chi connectivity index (χ0n) is 8.42. The van der Waals surface area contributed by atoms with Crippen LogP contribution < -0.4 is 5.69 Å². The topological polar surface area (TPSA) is 50.2 Å². The van der Waals surface area contributed by atoms with Crippen molar-refractivity contribution < 1.29 is 0 Å². The number of pyridine rings is 1. The van der Waals surface area contributed by atoms with Gasteiger partial charge in [0.25, 0.3) is 0 Å². The lowest BCUT2D eigenvalue weighted by Gasteiger charge is -2.00. The van der Waals surface area contributed by atoms with Crippen LogP contribution in [0.3, 0.4) is 0 Å². The average molecular weight is 211 g/mol. The lowest BCUT2D eigenvalue weighted by molar-refractivity contribution is 1.02. The van der Waals surface area contributed by atoms with Crippen LogP contribution in [0.1, 0.15) is 0 Å². The van der Waals surface area contributed by atoms with Gasteiger partial charge in [-0.3, -0.25) is 4.40 Å². The zero-order chi connectivity index (χ0) is 11.0. The van der Waals surface area contributed by atoms with Crippen LogP contribution in [0.15, 0.2) is 53.5 Å². The molecule has 16 heavy (non-hydrogen) atoms. The van der Waals surface area contributed by atoms with Crippen molar-refractivity contribution in [3.8, 4) is 11.1 Å². The molecule has 2 heterocycles. The SMILES string of the molecule is O=c1[nH]nc2cc(-c3ccccc3)ccn12. The Balaban J connectivity index is 2.23. The first-order valence-electron chi connectivity index (χ1n) is 4.97. The smallest absolute Gasteiger partial charge is 0.250 e. The van der Waals surface area contributed by atoms with Crippen molar-refractivity contribution in [2.24, 2.45) is 0 Å². The summed E-state index contributed by atoms with van der Waals surface area (Å²) in [4.78, 5) is 11.3. The minimum absolute atomic E-state index is 0.213. The predicted octanol–water partition coefficient (Wildman–Crippen LogP) is 1.69. The number of rotatable bonds is 1. The molecule has 3 aromatic rings. The fraction of sp³-hybridized carbons (Fsp3) is 0. The summed E-state index contributed by atoms with van der Waals surface area (Å²) in [6, 6.07) is 13.8. The van der Waals surface area contributed by atoms with Gasteiger partial charge >= 0.3 is 5.69 Å². The van der Waals surface area contributed by atoms with Gasteiger partial charge in [0, 0.05) is 6.20 Å². The van der Waals surface area contributed by atoms with E-state index in [-0.39, 0.29) is 5.69 Å². The van der Waals surface area contributed by atoms with Gasteiger partial charge in [-0.1, -0.05) is 30.3 Å². The Hall–Kier alpha value is -2.36. The number of aromatic nitrogens is 3. The van der Waals surface area contributed by atoms with Crippen molar-refractivity contribution in [1.82, 2.24) is 14.6 Å². The van der Waals surface area contributed by atoms with E-state index in [1.54, 1.807) is 6.20 Å². The van der Waals surface area contributed by atoms with Crippen molar-refractivity contribution in [2.45, 2.75) is 0 Å². The second kappa shape index (κ2) is 3.34. The number of hydrogen-bond donors (Lipinski definition) is 1. The molecule has 1 aromatic carbocycles. The van der Waals surface area contributed by atoms with Crippen LogP contribution in [0.2, 0.25) is 0 Å². The molecular formula is C12H9N3O. The lowest BCUT2D eigenvalue weighted by Crippen LogP contribution is -2.08. The summed E-state index contributed by atoms with van der Waals surface area (Å²) in [6.45, 7) is 0. The van der Waals surface area contributed by atoms with Crippen LogP contribution in [0, 0.1) is 0 Å². The fourth-order valence-electron chi connectivity index (χ4n) is 1.71. The highest BCUT2D eigenvalue weighted by molar-refractivity contribution is 5.66. The number of benzene rings is 1. The molecule has 0 unspecified atom stereocenters. The second-order valence-corrected chi connectivity index (χ2v) is 3.54. The summed E-state index contributed by atoms with van der Waals surface area (Å²) in [7, 11) is 0. The number of hydrogen-bond acceptors (Lipinski definition) is 2. The molecule has 0 amide bonds. The fourth-order valence-corrected chi connectivity index (χ4v) is 1.71. The van der Waals surface area contributed by atoms with E-state index in [1.807, 2.05) is 42.5 Å². The molecule has 3 rings (SSSR count). The maximum Gasteiger partial charge on any atom is 0.347 e. The predicted molar refractivity (Wildman–Crippen MR) is 61.2 cm³/mol. The van der Waals surface area contributed by atoms with Gasteiger partial charge in [0.15, 0.2) is 5.65 Å². The van der Waals surface area contributed by atoms with E-state index in [9.17, 15) is 4.79 Å².